The summed E-state index contributed by atoms with van der Waals surface area (Å²) in [5.41, 5.74) is 0.799. The van der Waals surface area contributed by atoms with Crippen LogP contribution in [0.3, 0.4) is 0 Å². The SMILES string of the molecule is O=c1cc([O-])oc2cc(OCc3cccnc3)ccc12.[Na+]. The van der Waals surface area contributed by atoms with E-state index >= 15 is 0 Å². The molecule has 2 heterocycles. The van der Waals surface area contributed by atoms with Crippen molar-refractivity contribution >= 4 is 11.0 Å². The number of nitrogens with zero attached hydrogens (tertiary/aromatic N) is 1. The third-order valence-electron chi connectivity index (χ3n) is 2.81. The van der Waals surface area contributed by atoms with Gasteiger partial charge in [-0.1, -0.05) is 6.07 Å². The van der Waals surface area contributed by atoms with E-state index in [1.807, 2.05) is 12.1 Å². The van der Waals surface area contributed by atoms with Gasteiger partial charge in [-0.25, -0.2) is 0 Å². The Balaban J connectivity index is 0.00000161. The normalized spacial score (nSPS) is 10.1. The maximum absolute atomic E-state index is 11.6. The molecule has 100 valence electrons. The van der Waals surface area contributed by atoms with Crippen molar-refractivity contribution in [2.75, 3.05) is 0 Å². The molecule has 0 saturated carbocycles. The summed E-state index contributed by atoms with van der Waals surface area (Å²) in [5.74, 6) is -0.137. The van der Waals surface area contributed by atoms with Gasteiger partial charge in [0.15, 0.2) is 5.43 Å². The zero-order valence-electron chi connectivity index (χ0n) is 11.4. The monoisotopic (exact) mass is 291 g/mol. The number of pyridine rings is 1. The number of ether oxygens (including phenoxy) is 1. The standard InChI is InChI=1S/C15H11NO4.Na/c17-13-7-15(18)20-14-6-11(3-4-12(13)14)19-9-10-2-1-5-16-8-10;/h1-8,18H,9H2;/q;+1/p-1. The van der Waals surface area contributed by atoms with E-state index in [2.05, 4.69) is 4.98 Å². The van der Waals surface area contributed by atoms with Crippen LogP contribution in [0.15, 0.2) is 58.0 Å². The van der Waals surface area contributed by atoms with Crippen LogP contribution in [0.4, 0.5) is 0 Å². The van der Waals surface area contributed by atoms with Gasteiger partial charge in [-0.15, -0.1) is 0 Å². The van der Waals surface area contributed by atoms with Crippen molar-refractivity contribution in [3.63, 3.8) is 0 Å². The van der Waals surface area contributed by atoms with Crippen LogP contribution < -0.4 is 44.8 Å². The maximum Gasteiger partial charge on any atom is 1.00 e. The largest absolute Gasteiger partial charge is 1.00 e. The van der Waals surface area contributed by atoms with Crippen molar-refractivity contribution in [1.29, 1.82) is 0 Å². The summed E-state index contributed by atoms with van der Waals surface area (Å²) in [6.07, 6.45) is 3.39. The predicted molar refractivity (Wildman–Crippen MR) is 70.5 cm³/mol. The fraction of sp³-hybridized carbons (Fsp3) is 0.0667. The van der Waals surface area contributed by atoms with E-state index < -0.39 is 5.95 Å². The summed E-state index contributed by atoms with van der Waals surface area (Å²) in [6.45, 7) is 0.348. The Kier molecular flexibility index (Phi) is 5.01. The Bertz CT molecular complexity index is 802. The Hall–Kier alpha value is -1.82. The molecule has 3 rings (SSSR count). The summed E-state index contributed by atoms with van der Waals surface area (Å²) >= 11 is 0. The summed E-state index contributed by atoms with van der Waals surface area (Å²) < 4.78 is 10.6. The fourth-order valence-corrected chi connectivity index (χ4v) is 1.85. The van der Waals surface area contributed by atoms with Gasteiger partial charge in [0.05, 0.1) is 5.95 Å². The molecular formula is C15H10NNaO4. The van der Waals surface area contributed by atoms with Crippen molar-refractivity contribution in [2.45, 2.75) is 6.61 Å². The molecule has 0 N–H and O–H groups in total. The maximum atomic E-state index is 11.6. The van der Waals surface area contributed by atoms with Crippen LogP contribution in [-0.4, -0.2) is 4.98 Å². The number of hydrogen-bond acceptors (Lipinski definition) is 5. The zero-order valence-corrected chi connectivity index (χ0v) is 13.4. The van der Waals surface area contributed by atoms with Crippen LogP contribution in [-0.2, 0) is 6.61 Å². The van der Waals surface area contributed by atoms with E-state index in [1.54, 1.807) is 24.5 Å². The zero-order chi connectivity index (χ0) is 13.9. The number of aromatic nitrogens is 1. The van der Waals surface area contributed by atoms with E-state index in [0.29, 0.717) is 17.7 Å². The molecule has 21 heavy (non-hydrogen) atoms. The van der Waals surface area contributed by atoms with Crippen LogP contribution in [0.2, 0.25) is 0 Å². The van der Waals surface area contributed by atoms with Gasteiger partial charge >= 0.3 is 29.6 Å². The molecule has 0 spiro atoms. The summed E-state index contributed by atoms with van der Waals surface area (Å²) in [5, 5.41) is 11.5. The predicted octanol–water partition coefficient (Wildman–Crippen LogP) is -1.16. The van der Waals surface area contributed by atoms with Gasteiger partial charge in [-0.3, -0.25) is 9.78 Å². The van der Waals surface area contributed by atoms with Crippen LogP contribution >= 0.6 is 0 Å². The minimum Gasteiger partial charge on any atom is -0.578 e. The number of hydrogen-bond donors (Lipinski definition) is 0. The average Bonchev–Trinajstić information content (AvgIpc) is 2.45. The minimum atomic E-state index is -0.660. The summed E-state index contributed by atoms with van der Waals surface area (Å²) in [6, 6.07) is 9.43. The van der Waals surface area contributed by atoms with Gasteiger partial charge in [-0.2, -0.15) is 0 Å². The molecule has 0 radical (unpaired) electrons. The second-order valence-corrected chi connectivity index (χ2v) is 4.24. The molecule has 0 aliphatic carbocycles. The first-order valence-corrected chi connectivity index (χ1v) is 5.99. The molecule has 0 aliphatic rings. The van der Waals surface area contributed by atoms with Crippen molar-refractivity contribution in [1.82, 2.24) is 4.98 Å². The fourth-order valence-electron chi connectivity index (χ4n) is 1.85. The molecule has 5 nitrogen and oxygen atoms in total. The van der Waals surface area contributed by atoms with Crippen LogP contribution in [0.5, 0.6) is 11.7 Å². The molecule has 2 aromatic heterocycles. The Labute approximate surface area is 142 Å². The van der Waals surface area contributed by atoms with Crippen molar-refractivity contribution < 1.29 is 43.8 Å². The third kappa shape index (κ3) is 3.64. The molecule has 0 atom stereocenters. The molecule has 0 bridgehead atoms. The first-order chi connectivity index (χ1) is 9.72. The average molecular weight is 291 g/mol. The van der Waals surface area contributed by atoms with Gasteiger partial charge in [0.1, 0.15) is 12.4 Å². The molecule has 3 aromatic rings. The molecule has 0 fully saturated rings. The van der Waals surface area contributed by atoms with E-state index in [0.717, 1.165) is 11.6 Å². The molecule has 6 heteroatoms. The van der Waals surface area contributed by atoms with Crippen molar-refractivity contribution in [2.24, 2.45) is 0 Å². The molecule has 0 amide bonds. The minimum absolute atomic E-state index is 0. The smallest absolute Gasteiger partial charge is 0.578 e. The van der Waals surface area contributed by atoms with Gasteiger partial charge in [0.2, 0.25) is 0 Å². The van der Waals surface area contributed by atoms with Crippen LogP contribution in [0.25, 0.3) is 11.0 Å². The number of fused-ring (bicyclic) bond motifs is 1. The number of rotatable bonds is 3. The molecule has 0 aliphatic heterocycles. The quantitative estimate of drug-likeness (QED) is 0.569. The summed E-state index contributed by atoms with van der Waals surface area (Å²) in [7, 11) is 0. The number of benzene rings is 1. The van der Waals surface area contributed by atoms with Crippen LogP contribution in [0, 0.1) is 0 Å². The van der Waals surface area contributed by atoms with E-state index in [1.165, 1.54) is 6.07 Å². The molecular weight excluding hydrogens is 281 g/mol. The van der Waals surface area contributed by atoms with E-state index in [9.17, 15) is 9.90 Å². The second-order valence-electron chi connectivity index (χ2n) is 4.24. The van der Waals surface area contributed by atoms with Gasteiger partial charge in [0.25, 0.3) is 0 Å². The second kappa shape index (κ2) is 6.76. The van der Waals surface area contributed by atoms with Crippen LogP contribution in [0.1, 0.15) is 5.56 Å². The molecule has 0 saturated heterocycles. The van der Waals surface area contributed by atoms with Gasteiger partial charge in [-0.05, 0) is 24.3 Å². The van der Waals surface area contributed by atoms with Gasteiger partial charge < -0.3 is 14.3 Å². The van der Waals surface area contributed by atoms with Crippen molar-refractivity contribution in [3.8, 4) is 11.7 Å². The van der Waals surface area contributed by atoms with E-state index in [-0.39, 0.29) is 40.6 Å². The topological polar surface area (TPSA) is 75.4 Å². The first-order valence-electron chi connectivity index (χ1n) is 5.99. The van der Waals surface area contributed by atoms with Crippen molar-refractivity contribution in [3.05, 3.63) is 64.6 Å². The molecule has 1 aromatic carbocycles. The molecule has 0 unspecified atom stereocenters. The van der Waals surface area contributed by atoms with Gasteiger partial charge in [0, 0.05) is 35.0 Å². The Morgan fingerprint density at radius 3 is 2.86 bits per heavy atom. The van der Waals surface area contributed by atoms with E-state index in [4.69, 9.17) is 9.15 Å². The Morgan fingerprint density at radius 2 is 2.10 bits per heavy atom. The summed E-state index contributed by atoms with van der Waals surface area (Å²) in [4.78, 5) is 15.6. The Morgan fingerprint density at radius 1 is 1.24 bits per heavy atom. The third-order valence-corrected chi connectivity index (χ3v) is 2.81. The first kappa shape index (κ1) is 15.6.